The van der Waals surface area contributed by atoms with Crippen LogP contribution in [0, 0.1) is 0 Å². The van der Waals surface area contributed by atoms with Crippen LogP contribution < -0.4 is 0 Å². The van der Waals surface area contributed by atoms with Crippen molar-refractivity contribution in [3.05, 3.63) is 57.6 Å². The minimum atomic E-state index is -1.37. The van der Waals surface area contributed by atoms with Gasteiger partial charge in [0.25, 0.3) is 0 Å². The van der Waals surface area contributed by atoms with Crippen molar-refractivity contribution in [3.63, 3.8) is 0 Å². The highest BCUT2D eigenvalue weighted by Crippen LogP contribution is 2.41. The molecule has 0 spiro atoms. The first-order valence-corrected chi connectivity index (χ1v) is 16.5. The predicted molar refractivity (Wildman–Crippen MR) is 185 cm³/mol. The smallest absolute Gasteiger partial charge is 0.318 e. The van der Waals surface area contributed by atoms with Crippen LogP contribution in [0.15, 0.2) is 24.3 Å². The van der Waals surface area contributed by atoms with Crippen molar-refractivity contribution in [1.82, 2.24) is 0 Å². The Balaban J connectivity index is 2.02. The molecule has 8 heteroatoms. The molecule has 2 N–H and O–H groups in total. The molecule has 1 atom stereocenters. The quantitative estimate of drug-likeness (QED) is 0.108. The summed E-state index contributed by atoms with van der Waals surface area (Å²) < 4.78 is 9.55. The Morgan fingerprint density at radius 2 is 0.909 bits per heavy atom. The maximum atomic E-state index is 12.8. The molecule has 44 heavy (non-hydrogen) atoms. The largest absolute Gasteiger partial charge is 0.507 e. The zero-order valence-corrected chi connectivity index (χ0v) is 30.7. The van der Waals surface area contributed by atoms with Crippen molar-refractivity contribution < 1.29 is 28.7 Å². The van der Waals surface area contributed by atoms with Crippen LogP contribution in [0.1, 0.15) is 136 Å². The van der Waals surface area contributed by atoms with Gasteiger partial charge < -0.3 is 19.1 Å². The van der Waals surface area contributed by atoms with E-state index in [1.54, 1.807) is 6.92 Å². The van der Waals surface area contributed by atoms with E-state index in [1.165, 1.54) is 0 Å². The number of rotatable bonds is 9. The van der Waals surface area contributed by atoms with E-state index in [9.17, 15) is 19.8 Å². The number of aromatic hydroxyl groups is 2. The van der Waals surface area contributed by atoms with Gasteiger partial charge in [0.05, 0.1) is 6.42 Å². The Bertz CT molecular complexity index is 1280. The molecule has 0 saturated heterocycles. The van der Waals surface area contributed by atoms with E-state index in [1.807, 2.05) is 65.8 Å². The van der Waals surface area contributed by atoms with E-state index >= 15 is 0 Å². The minimum Gasteiger partial charge on any atom is -0.507 e. The molecule has 246 valence electrons. The molecular weight excluding hydrogens is 593 g/mol. The summed E-state index contributed by atoms with van der Waals surface area (Å²) in [4.78, 5) is 25.4. The van der Waals surface area contributed by atoms with Crippen LogP contribution in [0.5, 0.6) is 11.5 Å². The zero-order chi connectivity index (χ0) is 34.1. The molecule has 0 aliphatic rings. The minimum absolute atomic E-state index is 0.107. The lowest BCUT2D eigenvalue weighted by molar-refractivity contribution is -0.146. The number of hydrogen-bond donors (Lipinski definition) is 3. The Hall–Kier alpha value is -2.32. The van der Waals surface area contributed by atoms with Gasteiger partial charge in [-0.25, -0.2) is 0 Å². The number of esters is 1. The molecule has 0 radical (unpaired) electrons. The monoisotopic (exact) mass is 646 g/mol. The van der Waals surface area contributed by atoms with Crippen LogP contribution in [0.25, 0.3) is 0 Å². The summed E-state index contributed by atoms with van der Waals surface area (Å²) in [5.74, 6) is -0.328. The molecule has 2 rings (SSSR count). The maximum Gasteiger partial charge on any atom is 0.318 e. The summed E-state index contributed by atoms with van der Waals surface area (Å²) in [5.41, 5.74) is 4.18. The second kappa shape index (κ2) is 13.6. The number of carbonyl (C=O) groups excluding carboxylic acids is 2. The van der Waals surface area contributed by atoms with Crippen molar-refractivity contribution in [2.45, 2.75) is 142 Å². The lowest BCUT2D eigenvalue weighted by Crippen LogP contribution is -2.23. The number of aryl methyl sites for hydroxylation is 2. The fourth-order valence-corrected chi connectivity index (χ4v) is 5.57. The number of thiol groups is 1. The molecule has 2 aromatic rings. The van der Waals surface area contributed by atoms with Gasteiger partial charge in [0.15, 0.2) is 0 Å². The Labute approximate surface area is 275 Å². The highest BCUT2D eigenvalue weighted by Gasteiger charge is 2.30. The normalized spacial score (nSPS) is 14.2. The lowest BCUT2D eigenvalue weighted by atomic mass is 9.78. The standard InChI is InChI=1S/C36H54O6S2/c1-32(2,3)24-18-22(19-25(30(24)39)33(4,5)6)14-16-28(37)41-36(13,43)44-42-29(38)17-15-23-20-26(34(7,8)9)31(40)27(21-23)35(10,11)12/h18-21,39-40,43H,14-17H2,1-13H3. The molecule has 0 amide bonds. The van der Waals surface area contributed by atoms with Crippen LogP contribution in [-0.4, -0.2) is 26.4 Å². The zero-order valence-electron chi connectivity index (χ0n) is 29.0. The average Bonchev–Trinajstić information content (AvgIpc) is 2.83. The first-order valence-electron chi connectivity index (χ1n) is 15.3. The fourth-order valence-electron chi connectivity index (χ4n) is 4.90. The van der Waals surface area contributed by atoms with Gasteiger partial charge in [-0.2, -0.15) is 0 Å². The molecule has 0 fully saturated rings. The van der Waals surface area contributed by atoms with Gasteiger partial charge >= 0.3 is 11.9 Å². The molecule has 0 aliphatic heterocycles. The number of phenols is 2. The molecule has 0 aromatic heterocycles. The third-order valence-electron chi connectivity index (χ3n) is 7.40. The van der Waals surface area contributed by atoms with Gasteiger partial charge in [-0.05, 0) is 74.8 Å². The first-order chi connectivity index (χ1) is 19.7. The second-order valence-electron chi connectivity index (χ2n) is 16.0. The topological polar surface area (TPSA) is 93.1 Å². The van der Waals surface area contributed by atoms with Gasteiger partial charge in [0.2, 0.25) is 4.27 Å². The van der Waals surface area contributed by atoms with Gasteiger partial charge in [0.1, 0.15) is 23.5 Å². The third-order valence-corrected chi connectivity index (χ3v) is 8.38. The maximum absolute atomic E-state index is 12.8. The molecule has 0 aliphatic carbocycles. The third kappa shape index (κ3) is 10.6. The molecule has 0 bridgehead atoms. The molecule has 0 heterocycles. The van der Waals surface area contributed by atoms with Crippen molar-refractivity contribution in [3.8, 4) is 11.5 Å². The van der Waals surface area contributed by atoms with E-state index in [2.05, 4.69) is 54.2 Å². The molecule has 2 aromatic carbocycles. The summed E-state index contributed by atoms with van der Waals surface area (Å²) >= 11 is 5.13. The van der Waals surface area contributed by atoms with Crippen LogP contribution >= 0.6 is 24.7 Å². The van der Waals surface area contributed by atoms with E-state index < -0.39 is 16.2 Å². The molecular formula is C36H54O6S2. The van der Waals surface area contributed by atoms with Crippen molar-refractivity contribution in [1.29, 1.82) is 0 Å². The summed E-state index contributed by atoms with van der Waals surface area (Å²) in [5, 5.41) is 21.9. The van der Waals surface area contributed by atoms with Gasteiger partial charge in [0, 0.05) is 6.42 Å². The fraction of sp³-hybridized carbons (Fsp3) is 0.611. The molecule has 6 nitrogen and oxygen atoms in total. The van der Waals surface area contributed by atoms with E-state index in [4.69, 9.17) is 8.92 Å². The lowest BCUT2D eigenvalue weighted by Gasteiger charge is -2.28. The SMILES string of the molecule is CC(S)(OC(=O)CCc1cc(C(C)(C)C)c(O)c(C(C)(C)C)c1)SOC(=O)CCc1cc(C(C)(C)C)c(O)c(C(C)(C)C)c1. The van der Waals surface area contributed by atoms with Crippen molar-refractivity contribution in [2.24, 2.45) is 0 Å². The highest BCUT2D eigenvalue weighted by atomic mass is 32.2. The average molecular weight is 647 g/mol. The number of phenolic OH excluding ortho intramolecular Hbond substituents is 2. The van der Waals surface area contributed by atoms with Gasteiger partial charge in [-0.1, -0.05) is 107 Å². The van der Waals surface area contributed by atoms with Crippen LogP contribution in [-0.2, 0) is 53.0 Å². The van der Waals surface area contributed by atoms with E-state index in [0.717, 1.165) is 33.4 Å². The van der Waals surface area contributed by atoms with Gasteiger partial charge in [-0.15, -0.1) is 12.6 Å². The van der Waals surface area contributed by atoms with E-state index in [0.29, 0.717) is 36.4 Å². The molecule has 0 saturated carbocycles. The predicted octanol–water partition coefficient (Wildman–Crippen LogP) is 9.19. The first kappa shape index (κ1) is 37.9. The van der Waals surface area contributed by atoms with Crippen molar-refractivity contribution >= 4 is 36.6 Å². The number of ether oxygens (including phenoxy) is 1. The van der Waals surface area contributed by atoms with Crippen molar-refractivity contribution in [2.75, 3.05) is 0 Å². The number of hydrogen-bond acceptors (Lipinski definition) is 8. The Kier molecular flexibility index (Phi) is 11.7. The summed E-state index contributed by atoms with van der Waals surface area (Å²) in [6.07, 6.45) is 1.10. The van der Waals surface area contributed by atoms with E-state index in [-0.39, 0.29) is 34.5 Å². The summed E-state index contributed by atoms with van der Waals surface area (Å²) in [7, 11) is 0. The molecule has 1 unspecified atom stereocenters. The summed E-state index contributed by atoms with van der Waals surface area (Å²) in [6, 6.07) is 7.82. The Morgan fingerprint density at radius 1 is 0.614 bits per heavy atom. The highest BCUT2D eigenvalue weighted by molar-refractivity contribution is 8.08. The van der Waals surface area contributed by atoms with Crippen LogP contribution in [0.3, 0.4) is 0 Å². The number of benzene rings is 2. The summed E-state index contributed by atoms with van der Waals surface area (Å²) in [6.45, 7) is 26.2. The van der Waals surface area contributed by atoms with Crippen LogP contribution in [0.2, 0.25) is 0 Å². The van der Waals surface area contributed by atoms with Gasteiger partial charge in [-0.3, -0.25) is 9.59 Å². The Morgan fingerprint density at radius 3 is 1.20 bits per heavy atom. The second-order valence-corrected chi connectivity index (χ2v) is 18.3. The van der Waals surface area contributed by atoms with Crippen LogP contribution in [0.4, 0.5) is 0 Å². The number of carbonyl (C=O) groups is 2.